The molecule has 2 rings (SSSR count). The van der Waals surface area contributed by atoms with Crippen molar-refractivity contribution in [2.24, 2.45) is 0 Å². The Morgan fingerprint density at radius 3 is 2.05 bits per heavy atom. The Kier molecular flexibility index (Phi) is 3.55. The lowest BCUT2D eigenvalue weighted by molar-refractivity contribution is 0.122. The van der Waals surface area contributed by atoms with E-state index < -0.39 is 0 Å². The fraction of sp³-hybridized carbons (Fsp3) is 0.647. The van der Waals surface area contributed by atoms with E-state index in [1.165, 1.54) is 5.56 Å². The fourth-order valence-corrected chi connectivity index (χ4v) is 1.85. The molecule has 0 saturated heterocycles. The molecule has 0 spiro atoms. The molecule has 2 heteroatoms. The molecule has 0 amide bonds. The monoisotopic (exact) mass is 262 g/mol. The van der Waals surface area contributed by atoms with Crippen molar-refractivity contribution < 1.29 is 9.47 Å². The summed E-state index contributed by atoms with van der Waals surface area (Å²) in [6.07, 6.45) is 2.71. The first kappa shape index (κ1) is 14.2. The average Bonchev–Trinajstić information content (AvgIpc) is 3.00. The van der Waals surface area contributed by atoms with Gasteiger partial charge in [0.05, 0.1) is 6.10 Å². The molecular formula is C17H26O2. The van der Waals surface area contributed by atoms with Gasteiger partial charge in [-0.05, 0) is 56.7 Å². The maximum atomic E-state index is 6.01. The Hall–Kier alpha value is -1.18. The van der Waals surface area contributed by atoms with Crippen molar-refractivity contribution in [3.8, 4) is 11.5 Å². The summed E-state index contributed by atoms with van der Waals surface area (Å²) in [4.78, 5) is 0. The predicted octanol–water partition coefficient (Wildman–Crippen LogP) is 4.70. The van der Waals surface area contributed by atoms with Crippen LogP contribution < -0.4 is 9.47 Å². The zero-order chi connectivity index (χ0) is 14.3. The van der Waals surface area contributed by atoms with Crippen LogP contribution in [0.4, 0.5) is 0 Å². The highest BCUT2D eigenvalue weighted by atomic mass is 16.5. The van der Waals surface area contributed by atoms with Crippen LogP contribution in [0.25, 0.3) is 0 Å². The first-order valence-electron chi connectivity index (χ1n) is 7.15. The fourth-order valence-electron chi connectivity index (χ4n) is 1.85. The third-order valence-corrected chi connectivity index (χ3v) is 3.04. The summed E-state index contributed by atoms with van der Waals surface area (Å²) in [6, 6.07) is 6.32. The van der Waals surface area contributed by atoms with E-state index in [0.717, 1.165) is 24.3 Å². The van der Waals surface area contributed by atoms with Gasteiger partial charge >= 0.3 is 0 Å². The Bertz CT molecular complexity index is 445. The van der Waals surface area contributed by atoms with Crippen molar-refractivity contribution in [2.45, 2.75) is 71.5 Å². The van der Waals surface area contributed by atoms with Gasteiger partial charge in [-0.1, -0.05) is 26.8 Å². The van der Waals surface area contributed by atoms with Crippen molar-refractivity contribution in [1.29, 1.82) is 0 Å². The first-order chi connectivity index (χ1) is 8.65. The number of hydrogen-bond donors (Lipinski definition) is 0. The van der Waals surface area contributed by atoms with E-state index in [4.69, 9.17) is 9.47 Å². The van der Waals surface area contributed by atoms with Crippen LogP contribution in [0, 0.1) is 0 Å². The molecule has 1 aliphatic rings. The molecule has 0 radical (unpaired) electrons. The SMILES string of the molecule is CC(C)(C)Oc1ccc(C(C)(C)C)cc1OC1CC1. The summed E-state index contributed by atoms with van der Waals surface area (Å²) >= 11 is 0. The van der Waals surface area contributed by atoms with Crippen molar-refractivity contribution in [3.63, 3.8) is 0 Å². The predicted molar refractivity (Wildman–Crippen MR) is 79.2 cm³/mol. The minimum absolute atomic E-state index is 0.127. The third-order valence-electron chi connectivity index (χ3n) is 3.04. The van der Waals surface area contributed by atoms with Gasteiger partial charge in [0.25, 0.3) is 0 Å². The molecule has 1 aromatic rings. The molecule has 1 aliphatic carbocycles. The summed E-state index contributed by atoms with van der Waals surface area (Å²) in [7, 11) is 0. The van der Waals surface area contributed by atoms with Gasteiger partial charge in [0.2, 0.25) is 0 Å². The Morgan fingerprint density at radius 1 is 0.947 bits per heavy atom. The summed E-state index contributed by atoms with van der Waals surface area (Å²) in [5, 5.41) is 0. The lowest BCUT2D eigenvalue weighted by Gasteiger charge is -2.25. The van der Waals surface area contributed by atoms with E-state index in [9.17, 15) is 0 Å². The lowest BCUT2D eigenvalue weighted by atomic mass is 9.87. The second kappa shape index (κ2) is 4.73. The van der Waals surface area contributed by atoms with Crippen LogP contribution in [-0.4, -0.2) is 11.7 Å². The van der Waals surface area contributed by atoms with E-state index in [1.807, 2.05) is 6.07 Å². The zero-order valence-electron chi connectivity index (χ0n) is 13.0. The van der Waals surface area contributed by atoms with Crippen LogP contribution in [0.15, 0.2) is 18.2 Å². The Balaban J connectivity index is 2.30. The van der Waals surface area contributed by atoms with E-state index in [-0.39, 0.29) is 11.0 Å². The smallest absolute Gasteiger partial charge is 0.162 e. The van der Waals surface area contributed by atoms with Gasteiger partial charge < -0.3 is 9.47 Å². The number of hydrogen-bond acceptors (Lipinski definition) is 2. The van der Waals surface area contributed by atoms with Crippen LogP contribution in [0.1, 0.15) is 59.9 Å². The molecular weight excluding hydrogens is 236 g/mol. The number of benzene rings is 1. The average molecular weight is 262 g/mol. The molecule has 2 nitrogen and oxygen atoms in total. The van der Waals surface area contributed by atoms with Crippen LogP contribution in [0.5, 0.6) is 11.5 Å². The van der Waals surface area contributed by atoms with E-state index in [1.54, 1.807) is 0 Å². The van der Waals surface area contributed by atoms with Crippen LogP contribution >= 0.6 is 0 Å². The standard InChI is InChI=1S/C17H26O2/c1-16(2,3)12-7-10-14(19-17(4,5)6)15(11-12)18-13-8-9-13/h7,10-11,13H,8-9H2,1-6H3. The second-order valence-corrected chi connectivity index (χ2v) is 7.44. The minimum atomic E-state index is -0.203. The van der Waals surface area contributed by atoms with Crippen LogP contribution in [0.2, 0.25) is 0 Å². The number of ether oxygens (including phenoxy) is 2. The molecule has 106 valence electrons. The highest BCUT2D eigenvalue weighted by molar-refractivity contribution is 5.45. The topological polar surface area (TPSA) is 18.5 Å². The molecule has 0 unspecified atom stereocenters. The van der Waals surface area contributed by atoms with Gasteiger partial charge in [-0.3, -0.25) is 0 Å². The van der Waals surface area contributed by atoms with E-state index in [0.29, 0.717) is 6.10 Å². The second-order valence-electron chi connectivity index (χ2n) is 7.44. The number of rotatable bonds is 3. The highest BCUT2D eigenvalue weighted by Crippen LogP contribution is 2.38. The van der Waals surface area contributed by atoms with Crippen molar-refractivity contribution in [1.82, 2.24) is 0 Å². The molecule has 0 bridgehead atoms. The Morgan fingerprint density at radius 2 is 1.58 bits per heavy atom. The summed E-state index contributed by atoms with van der Waals surface area (Å²) < 4.78 is 12.0. The summed E-state index contributed by atoms with van der Waals surface area (Å²) in [5.74, 6) is 1.75. The molecule has 0 aliphatic heterocycles. The lowest BCUT2D eigenvalue weighted by Crippen LogP contribution is -2.23. The van der Waals surface area contributed by atoms with Gasteiger partial charge in [0, 0.05) is 0 Å². The highest BCUT2D eigenvalue weighted by Gasteiger charge is 2.27. The van der Waals surface area contributed by atoms with Crippen LogP contribution in [-0.2, 0) is 5.41 Å². The Labute approximate surface area is 117 Å². The van der Waals surface area contributed by atoms with E-state index >= 15 is 0 Å². The molecule has 1 fully saturated rings. The molecule has 1 saturated carbocycles. The maximum absolute atomic E-state index is 6.01. The quantitative estimate of drug-likeness (QED) is 0.786. The van der Waals surface area contributed by atoms with Gasteiger partial charge in [-0.25, -0.2) is 0 Å². The zero-order valence-corrected chi connectivity index (χ0v) is 13.0. The molecule has 0 aromatic heterocycles. The summed E-state index contributed by atoms with van der Waals surface area (Å²) in [5.41, 5.74) is 1.21. The molecule has 0 N–H and O–H groups in total. The molecule has 0 heterocycles. The van der Waals surface area contributed by atoms with Crippen molar-refractivity contribution in [3.05, 3.63) is 23.8 Å². The maximum Gasteiger partial charge on any atom is 0.162 e. The largest absolute Gasteiger partial charge is 0.487 e. The molecule has 1 aromatic carbocycles. The normalized spacial score (nSPS) is 16.3. The van der Waals surface area contributed by atoms with Crippen LogP contribution in [0.3, 0.4) is 0 Å². The summed E-state index contributed by atoms with van der Waals surface area (Å²) in [6.45, 7) is 12.8. The van der Waals surface area contributed by atoms with Gasteiger partial charge in [0.1, 0.15) is 5.60 Å². The van der Waals surface area contributed by atoms with Crippen molar-refractivity contribution in [2.75, 3.05) is 0 Å². The van der Waals surface area contributed by atoms with Gasteiger partial charge in [-0.15, -0.1) is 0 Å². The van der Waals surface area contributed by atoms with E-state index in [2.05, 4.69) is 53.7 Å². The van der Waals surface area contributed by atoms with Crippen molar-refractivity contribution >= 4 is 0 Å². The van der Waals surface area contributed by atoms with Gasteiger partial charge in [0.15, 0.2) is 11.5 Å². The molecule has 19 heavy (non-hydrogen) atoms. The minimum Gasteiger partial charge on any atom is -0.487 e. The van der Waals surface area contributed by atoms with Gasteiger partial charge in [-0.2, -0.15) is 0 Å². The molecule has 0 atom stereocenters. The first-order valence-corrected chi connectivity index (χ1v) is 7.15. The third kappa shape index (κ3) is 4.15.